The lowest BCUT2D eigenvalue weighted by atomic mass is 10.0. The molecule has 0 aromatic carbocycles. The maximum atomic E-state index is 4.72. The predicted octanol–water partition coefficient (Wildman–Crippen LogP) is 6.10. The smallest absolute Gasteiger partial charge is 0.0777 e. The fourth-order valence-corrected chi connectivity index (χ4v) is 2.04. The Kier molecular flexibility index (Phi) is 9.47. The van der Waals surface area contributed by atoms with E-state index in [1.54, 1.807) is 0 Å². The van der Waals surface area contributed by atoms with Gasteiger partial charge < -0.3 is 0 Å². The van der Waals surface area contributed by atoms with Crippen LogP contribution >= 0.6 is 45.2 Å². The van der Waals surface area contributed by atoms with Crippen molar-refractivity contribution < 1.29 is 0 Å². The number of allylic oxidation sites excluding steroid dienone is 3. The third-order valence-electron chi connectivity index (χ3n) is 3.03. The maximum Gasteiger partial charge on any atom is 0.0777 e. The van der Waals surface area contributed by atoms with E-state index in [2.05, 4.69) is 96.5 Å². The van der Waals surface area contributed by atoms with Gasteiger partial charge in [-0.1, -0.05) is 47.7 Å². The van der Waals surface area contributed by atoms with Crippen LogP contribution in [-0.4, -0.2) is 11.8 Å². The summed E-state index contributed by atoms with van der Waals surface area (Å²) in [5.41, 5.74) is 3.60. The molecule has 0 spiro atoms. The molecule has 0 rings (SSSR count). The third-order valence-corrected chi connectivity index (χ3v) is 5.30. The summed E-state index contributed by atoms with van der Waals surface area (Å²) in [6, 6.07) is 0.245. The summed E-state index contributed by atoms with van der Waals surface area (Å²) in [6.45, 7) is 14.6. The van der Waals surface area contributed by atoms with Gasteiger partial charge >= 0.3 is 0 Å². The fourth-order valence-electron chi connectivity index (χ4n) is 1.19. The van der Waals surface area contributed by atoms with E-state index in [4.69, 9.17) is 4.99 Å². The Labute approximate surface area is 139 Å². The molecule has 2 atom stereocenters. The average Bonchev–Trinajstić information content (AvgIpc) is 2.33. The molecule has 0 aliphatic heterocycles. The van der Waals surface area contributed by atoms with Crippen molar-refractivity contribution in [1.82, 2.24) is 0 Å². The molecule has 3 heteroatoms. The summed E-state index contributed by atoms with van der Waals surface area (Å²) in [7, 11) is 0. The number of hydrogen-bond acceptors (Lipinski definition) is 1. The molecule has 0 heterocycles. The van der Waals surface area contributed by atoms with Crippen LogP contribution in [0.15, 0.2) is 36.5 Å². The van der Waals surface area contributed by atoms with E-state index in [9.17, 15) is 0 Å². The lowest BCUT2D eigenvalue weighted by molar-refractivity contribution is 0.694. The molecular formula is C15H23I2N. The number of nitrogens with zero attached hydrogens (tertiary/aromatic N) is 1. The zero-order chi connectivity index (χ0) is 14.3. The van der Waals surface area contributed by atoms with E-state index in [0.29, 0.717) is 5.92 Å². The first-order valence-corrected chi connectivity index (χ1v) is 8.44. The summed E-state index contributed by atoms with van der Waals surface area (Å²) in [6.07, 6.45) is 3.33. The van der Waals surface area contributed by atoms with Crippen LogP contribution < -0.4 is 0 Å². The Hall–Kier alpha value is 0.350. The van der Waals surface area contributed by atoms with Gasteiger partial charge in [0, 0.05) is 9.29 Å². The van der Waals surface area contributed by atoms with Gasteiger partial charge in [0.1, 0.15) is 0 Å². The molecular weight excluding hydrogens is 448 g/mol. The van der Waals surface area contributed by atoms with Crippen LogP contribution in [-0.2, 0) is 0 Å². The second kappa shape index (κ2) is 9.28. The zero-order valence-electron chi connectivity index (χ0n) is 11.9. The highest BCUT2D eigenvalue weighted by atomic mass is 127. The largest absolute Gasteiger partial charge is 0.282 e. The second-order valence-corrected chi connectivity index (χ2v) is 6.62. The molecule has 0 aliphatic carbocycles. The molecule has 0 radical (unpaired) electrons. The van der Waals surface area contributed by atoms with Gasteiger partial charge in [0.15, 0.2) is 0 Å². The summed E-state index contributed by atoms with van der Waals surface area (Å²) in [5, 5.41) is 0. The lowest BCUT2D eigenvalue weighted by Gasteiger charge is -2.11. The molecule has 0 fully saturated rings. The number of hydrogen-bond donors (Lipinski definition) is 0. The molecule has 0 saturated carbocycles. The molecule has 2 unspecified atom stereocenters. The van der Waals surface area contributed by atoms with Gasteiger partial charge in [-0.15, -0.1) is 0 Å². The van der Waals surface area contributed by atoms with Crippen LogP contribution in [0.25, 0.3) is 0 Å². The quantitative estimate of drug-likeness (QED) is 0.253. The van der Waals surface area contributed by atoms with E-state index < -0.39 is 0 Å². The summed E-state index contributed by atoms with van der Waals surface area (Å²) >= 11 is 4.65. The Morgan fingerprint density at radius 3 is 2.28 bits per heavy atom. The summed E-state index contributed by atoms with van der Waals surface area (Å²) in [4.78, 5) is 4.72. The monoisotopic (exact) mass is 471 g/mol. The van der Waals surface area contributed by atoms with Gasteiger partial charge in [-0.25, -0.2) is 0 Å². The summed E-state index contributed by atoms with van der Waals surface area (Å²) in [5.74, 6) is 0.544. The van der Waals surface area contributed by atoms with Crippen molar-refractivity contribution in [2.24, 2.45) is 10.9 Å². The molecule has 0 N–H and O–H groups in total. The number of rotatable bonds is 6. The third kappa shape index (κ3) is 7.07. The first-order valence-electron chi connectivity index (χ1n) is 6.12. The van der Waals surface area contributed by atoms with Gasteiger partial charge in [0.05, 0.1) is 6.04 Å². The highest BCUT2D eigenvalue weighted by Crippen LogP contribution is 2.20. The number of halogens is 2. The van der Waals surface area contributed by atoms with Crippen LogP contribution in [0.2, 0.25) is 0 Å². The summed E-state index contributed by atoms with van der Waals surface area (Å²) < 4.78 is 3.38. The van der Waals surface area contributed by atoms with Gasteiger partial charge in [0.25, 0.3) is 0 Å². The Morgan fingerprint density at radius 1 is 1.28 bits per heavy atom. The fraction of sp³-hybridized carbons (Fsp3) is 0.533. The van der Waals surface area contributed by atoms with Gasteiger partial charge in [-0.05, 0) is 72.3 Å². The predicted molar refractivity (Wildman–Crippen MR) is 101 cm³/mol. The first kappa shape index (κ1) is 18.4. The van der Waals surface area contributed by atoms with Crippen LogP contribution in [0.1, 0.15) is 41.0 Å². The van der Waals surface area contributed by atoms with Crippen molar-refractivity contribution >= 4 is 50.9 Å². The number of aliphatic imine (C=N–C) groups is 1. The van der Waals surface area contributed by atoms with Gasteiger partial charge in [-0.3, -0.25) is 4.99 Å². The van der Waals surface area contributed by atoms with Crippen LogP contribution in [0, 0.1) is 5.92 Å². The topological polar surface area (TPSA) is 12.4 Å². The Morgan fingerprint density at radius 2 is 1.83 bits per heavy atom. The van der Waals surface area contributed by atoms with E-state index in [0.717, 1.165) is 12.1 Å². The molecule has 0 aromatic rings. The Bertz CT molecular complexity index is 378. The van der Waals surface area contributed by atoms with Crippen molar-refractivity contribution in [1.29, 1.82) is 0 Å². The lowest BCUT2D eigenvalue weighted by Crippen LogP contribution is -2.04. The first-order chi connectivity index (χ1) is 8.29. The molecule has 102 valence electrons. The van der Waals surface area contributed by atoms with Crippen molar-refractivity contribution in [3.63, 3.8) is 0 Å². The Balaban J connectivity index is 4.65. The highest BCUT2D eigenvalue weighted by molar-refractivity contribution is 14.1. The van der Waals surface area contributed by atoms with Crippen LogP contribution in [0.4, 0.5) is 0 Å². The molecule has 0 amide bonds. The maximum absolute atomic E-state index is 4.72. The molecule has 18 heavy (non-hydrogen) atoms. The van der Waals surface area contributed by atoms with Gasteiger partial charge in [-0.2, -0.15) is 0 Å². The minimum atomic E-state index is 0.245. The molecule has 1 nitrogen and oxygen atoms in total. The van der Waals surface area contributed by atoms with Gasteiger partial charge in [0.2, 0.25) is 0 Å². The second-order valence-electron chi connectivity index (χ2n) is 4.75. The van der Waals surface area contributed by atoms with Crippen LogP contribution in [0.3, 0.4) is 0 Å². The normalized spacial score (nSPS) is 17.6. The van der Waals surface area contributed by atoms with E-state index in [-0.39, 0.29) is 6.04 Å². The van der Waals surface area contributed by atoms with E-state index >= 15 is 0 Å². The minimum Gasteiger partial charge on any atom is -0.282 e. The SMILES string of the molecule is C=C(C)C(C)C/C=C(\I)C(C)/N=C(C)/C(C)=C/I. The van der Waals surface area contributed by atoms with E-state index in [1.165, 1.54) is 14.7 Å². The standard InChI is InChI=1S/C15H23I2N/c1-10(2)11(3)7-8-15(17)14(6)18-13(5)12(4)9-16/h8-9,11,14H,1,7H2,2-6H3/b12-9+,15-8-,18-13+. The highest BCUT2D eigenvalue weighted by Gasteiger charge is 2.06. The van der Waals surface area contributed by atoms with Crippen molar-refractivity contribution in [2.45, 2.75) is 47.1 Å². The molecule has 0 saturated heterocycles. The molecule has 0 aromatic heterocycles. The molecule has 0 bridgehead atoms. The minimum absolute atomic E-state index is 0.245. The molecule has 0 aliphatic rings. The van der Waals surface area contributed by atoms with E-state index in [1.807, 2.05) is 0 Å². The van der Waals surface area contributed by atoms with Crippen LogP contribution in [0.5, 0.6) is 0 Å². The van der Waals surface area contributed by atoms with Crippen molar-refractivity contribution in [3.05, 3.63) is 31.5 Å². The van der Waals surface area contributed by atoms with Crippen molar-refractivity contribution in [3.8, 4) is 0 Å². The zero-order valence-corrected chi connectivity index (χ0v) is 16.2. The van der Waals surface area contributed by atoms with Crippen molar-refractivity contribution in [2.75, 3.05) is 0 Å². The average molecular weight is 471 g/mol.